The molecule has 0 bridgehead atoms. The van der Waals surface area contributed by atoms with Crippen LogP contribution in [0.3, 0.4) is 0 Å². The van der Waals surface area contributed by atoms with Crippen LogP contribution in [0, 0.1) is 0 Å². The van der Waals surface area contributed by atoms with E-state index < -0.39 is 0 Å². The van der Waals surface area contributed by atoms with Crippen LogP contribution >= 0.6 is 0 Å². The van der Waals surface area contributed by atoms with Crippen molar-refractivity contribution in [3.8, 4) is 5.88 Å². The molecule has 0 aromatic carbocycles. The zero-order chi connectivity index (χ0) is 10.9. The van der Waals surface area contributed by atoms with Gasteiger partial charge in [0.2, 0.25) is 5.88 Å². The Morgan fingerprint density at radius 1 is 1.40 bits per heavy atom. The van der Waals surface area contributed by atoms with Gasteiger partial charge in [0.1, 0.15) is 12.1 Å². The van der Waals surface area contributed by atoms with E-state index in [0.717, 1.165) is 0 Å². The minimum absolute atomic E-state index is 0.0430. The fourth-order valence-corrected chi connectivity index (χ4v) is 0.966. The molecular formula is C9H15N3O3. The lowest BCUT2D eigenvalue weighted by Gasteiger charge is -2.06. The first-order valence-electron chi connectivity index (χ1n) is 4.65. The van der Waals surface area contributed by atoms with Gasteiger partial charge in [-0.1, -0.05) is 0 Å². The second-order valence-electron chi connectivity index (χ2n) is 2.71. The molecule has 1 aromatic rings. The molecule has 1 rings (SSSR count). The van der Waals surface area contributed by atoms with E-state index >= 15 is 0 Å². The van der Waals surface area contributed by atoms with Gasteiger partial charge in [-0.15, -0.1) is 0 Å². The Morgan fingerprint density at radius 2 is 2.27 bits per heavy atom. The van der Waals surface area contributed by atoms with Crippen LogP contribution in [-0.4, -0.2) is 48.5 Å². The molecule has 0 atom stereocenters. The van der Waals surface area contributed by atoms with Crippen LogP contribution < -0.4 is 10.1 Å². The number of aliphatic hydroxyl groups is 1. The number of methoxy groups -OCH3 is 1. The van der Waals surface area contributed by atoms with Gasteiger partial charge in [-0.2, -0.15) is 0 Å². The summed E-state index contributed by atoms with van der Waals surface area (Å²) in [6.45, 7) is 1.54. The maximum absolute atomic E-state index is 8.47. The number of hydrogen-bond acceptors (Lipinski definition) is 6. The van der Waals surface area contributed by atoms with Gasteiger partial charge in [-0.25, -0.2) is 9.97 Å². The monoisotopic (exact) mass is 213 g/mol. The Kier molecular flexibility index (Phi) is 5.42. The van der Waals surface area contributed by atoms with Gasteiger partial charge in [-0.3, -0.25) is 0 Å². The number of nitrogens with one attached hydrogen (secondary N) is 1. The summed E-state index contributed by atoms with van der Waals surface area (Å²) in [4.78, 5) is 7.88. The Morgan fingerprint density at radius 3 is 3.00 bits per heavy atom. The van der Waals surface area contributed by atoms with Gasteiger partial charge >= 0.3 is 0 Å². The molecule has 6 heteroatoms. The highest BCUT2D eigenvalue weighted by molar-refractivity contribution is 5.36. The van der Waals surface area contributed by atoms with Gasteiger partial charge in [0, 0.05) is 12.6 Å². The van der Waals surface area contributed by atoms with Crippen LogP contribution in [0.2, 0.25) is 0 Å². The van der Waals surface area contributed by atoms with Crippen molar-refractivity contribution in [3.63, 3.8) is 0 Å². The Labute approximate surface area is 88.3 Å². The lowest BCUT2D eigenvalue weighted by Crippen LogP contribution is -2.12. The Bertz CT molecular complexity index is 283. The van der Waals surface area contributed by atoms with Crippen molar-refractivity contribution in [3.05, 3.63) is 12.4 Å². The third-order valence-electron chi connectivity index (χ3n) is 1.64. The third-order valence-corrected chi connectivity index (χ3v) is 1.64. The van der Waals surface area contributed by atoms with Crippen LogP contribution in [0.5, 0.6) is 5.88 Å². The smallest absolute Gasteiger partial charge is 0.218 e. The number of ether oxygens (including phenoxy) is 2. The van der Waals surface area contributed by atoms with Gasteiger partial charge in [0.15, 0.2) is 0 Å². The van der Waals surface area contributed by atoms with Crippen LogP contribution in [-0.2, 0) is 4.74 Å². The molecule has 0 radical (unpaired) electrons. The van der Waals surface area contributed by atoms with Crippen LogP contribution in [0.15, 0.2) is 12.4 Å². The molecule has 2 N–H and O–H groups in total. The minimum Gasteiger partial charge on any atom is -0.481 e. The maximum Gasteiger partial charge on any atom is 0.218 e. The molecule has 15 heavy (non-hydrogen) atoms. The molecule has 1 heterocycles. The number of anilines is 1. The normalized spacial score (nSPS) is 10.0. The average Bonchev–Trinajstić information content (AvgIpc) is 2.29. The fraction of sp³-hybridized carbons (Fsp3) is 0.556. The van der Waals surface area contributed by atoms with E-state index in [9.17, 15) is 0 Å². The molecule has 0 amide bonds. The summed E-state index contributed by atoms with van der Waals surface area (Å²) in [6, 6.07) is 1.70. The van der Waals surface area contributed by atoms with E-state index in [1.807, 2.05) is 0 Å². The average molecular weight is 213 g/mol. The number of hydrogen-bond donors (Lipinski definition) is 2. The van der Waals surface area contributed by atoms with Crippen molar-refractivity contribution in [2.45, 2.75) is 0 Å². The first-order chi connectivity index (χ1) is 7.36. The van der Waals surface area contributed by atoms with Crippen molar-refractivity contribution < 1.29 is 14.6 Å². The highest BCUT2D eigenvalue weighted by atomic mass is 16.5. The summed E-state index contributed by atoms with van der Waals surface area (Å²) in [6.07, 6.45) is 1.43. The number of nitrogens with zero attached hydrogens (tertiary/aromatic N) is 2. The first kappa shape index (κ1) is 11.7. The van der Waals surface area contributed by atoms with Crippen LogP contribution in [0.25, 0.3) is 0 Å². The molecule has 0 unspecified atom stereocenters. The Hall–Kier alpha value is -1.40. The zero-order valence-corrected chi connectivity index (χ0v) is 8.64. The standard InChI is InChI=1S/C9H15N3O3/c1-14-9-6-8(11-7-12-9)10-2-4-15-5-3-13/h6-7,13H,2-5H2,1H3,(H,10,11,12). The molecule has 84 valence electrons. The molecule has 0 spiro atoms. The summed E-state index contributed by atoms with van der Waals surface area (Å²) in [5.41, 5.74) is 0. The van der Waals surface area contributed by atoms with Crippen LogP contribution in [0.4, 0.5) is 5.82 Å². The van der Waals surface area contributed by atoms with Crippen molar-refractivity contribution in [1.82, 2.24) is 9.97 Å². The number of rotatable bonds is 7. The van der Waals surface area contributed by atoms with E-state index in [4.69, 9.17) is 14.6 Å². The summed E-state index contributed by atoms with van der Waals surface area (Å²) in [5, 5.41) is 11.5. The molecule has 0 aliphatic carbocycles. The molecule has 0 aliphatic rings. The SMILES string of the molecule is COc1cc(NCCOCCO)ncn1. The highest BCUT2D eigenvalue weighted by Gasteiger charge is 1.96. The maximum atomic E-state index is 8.47. The molecule has 6 nitrogen and oxygen atoms in total. The Balaban J connectivity index is 2.24. The van der Waals surface area contributed by atoms with Crippen LogP contribution in [0.1, 0.15) is 0 Å². The van der Waals surface area contributed by atoms with E-state index in [0.29, 0.717) is 31.5 Å². The second-order valence-corrected chi connectivity index (χ2v) is 2.71. The summed E-state index contributed by atoms with van der Waals surface area (Å²) >= 11 is 0. The molecule has 0 aliphatic heterocycles. The number of aliphatic hydroxyl groups excluding tert-OH is 1. The quantitative estimate of drug-likeness (QED) is 0.616. The predicted octanol–water partition coefficient (Wildman–Crippen LogP) is -0.0940. The van der Waals surface area contributed by atoms with Crippen molar-refractivity contribution in [1.29, 1.82) is 0 Å². The molecule has 0 fully saturated rings. The summed E-state index contributed by atoms with van der Waals surface area (Å²) < 4.78 is 10.0. The van der Waals surface area contributed by atoms with Gasteiger partial charge in [0.25, 0.3) is 0 Å². The van der Waals surface area contributed by atoms with Crippen molar-refractivity contribution >= 4 is 5.82 Å². The van der Waals surface area contributed by atoms with Crippen molar-refractivity contribution in [2.24, 2.45) is 0 Å². The molecule has 0 saturated heterocycles. The largest absolute Gasteiger partial charge is 0.481 e. The van der Waals surface area contributed by atoms with E-state index in [1.54, 1.807) is 13.2 Å². The van der Waals surface area contributed by atoms with Gasteiger partial charge < -0.3 is 19.9 Å². The lowest BCUT2D eigenvalue weighted by atomic mass is 10.5. The molecule has 1 aromatic heterocycles. The first-order valence-corrected chi connectivity index (χ1v) is 4.65. The van der Waals surface area contributed by atoms with Crippen molar-refractivity contribution in [2.75, 3.05) is 38.8 Å². The van der Waals surface area contributed by atoms with Gasteiger partial charge in [-0.05, 0) is 0 Å². The summed E-state index contributed by atoms with van der Waals surface area (Å²) in [7, 11) is 1.55. The molecule has 0 saturated carbocycles. The predicted molar refractivity (Wildman–Crippen MR) is 55.0 cm³/mol. The second kappa shape index (κ2) is 6.97. The fourth-order valence-electron chi connectivity index (χ4n) is 0.966. The molecular weight excluding hydrogens is 198 g/mol. The van der Waals surface area contributed by atoms with E-state index in [1.165, 1.54) is 6.33 Å². The third kappa shape index (κ3) is 4.57. The zero-order valence-electron chi connectivity index (χ0n) is 8.64. The van der Waals surface area contributed by atoms with E-state index in [-0.39, 0.29) is 6.61 Å². The van der Waals surface area contributed by atoms with Gasteiger partial charge in [0.05, 0.1) is 26.9 Å². The highest BCUT2D eigenvalue weighted by Crippen LogP contribution is 2.09. The summed E-state index contributed by atoms with van der Waals surface area (Å²) in [5.74, 6) is 1.21. The van der Waals surface area contributed by atoms with E-state index in [2.05, 4.69) is 15.3 Å². The lowest BCUT2D eigenvalue weighted by molar-refractivity contribution is 0.0992. The number of aromatic nitrogens is 2. The minimum atomic E-state index is 0.0430. The topological polar surface area (TPSA) is 76.5 Å².